The molecule has 7 heteroatoms. The van der Waals surface area contributed by atoms with E-state index in [1.807, 2.05) is 50.2 Å². The third-order valence-electron chi connectivity index (χ3n) is 4.76. The predicted octanol–water partition coefficient (Wildman–Crippen LogP) is 3.30. The molecule has 0 spiro atoms. The van der Waals surface area contributed by atoms with Gasteiger partial charge in [-0.25, -0.2) is 8.42 Å². The first-order valence-electron chi connectivity index (χ1n) is 9.62. The van der Waals surface area contributed by atoms with Gasteiger partial charge in [-0.3, -0.25) is 9.10 Å². The van der Waals surface area contributed by atoms with E-state index >= 15 is 0 Å². The lowest BCUT2D eigenvalue weighted by atomic mass is 10.1. The fourth-order valence-electron chi connectivity index (χ4n) is 3.22. The van der Waals surface area contributed by atoms with E-state index in [1.165, 1.54) is 12.7 Å². The number of hydrogen-bond acceptors (Lipinski definition) is 4. The fraction of sp³-hybridized carbons (Fsp3) is 0.409. The SMILES string of the molecule is COc1ccc(C)cc1N([C@@H](C)C(=O)N[C@H](C)CCc1ccccc1)S(C)(=O)=O. The molecule has 1 amide bonds. The van der Waals surface area contributed by atoms with Crippen LogP contribution >= 0.6 is 0 Å². The zero-order chi connectivity index (χ0) is 21.6. The Kier molecular flexibility index (Phi) is 7.67. The van der Waals surface area contributed by atoms with Gasteiger partial charge in [-0.05, 0) is 56.9 Å². The first-order chi connectivity index (χ1) is 13.6. The lowest BCUT2D eigenvalue weighted by Crippen LogP contribution is -2.50. The summed E-state index contributed by atoms with van der Waals surface area (Å²) < 4.78 is 31.5. The predicted molar refractivity (Wildman–Crippen MR) is 117 cm³/mol. The van der Waals surface area contributed by atoms with Gasteiger partial charge in [-0.2, -0.15) is 0 Å². The maximum Gasteiger partial charge on any atom is 0.243 e. The van der Waals surface area contributed by atoms with Crippen LogP contribution in [0.1, 0.15) is 31.4 Å². The highest BCUT2D eigenvalue weighted by Gasteiger charge is 2.31. The highest BCUT2D eigenvalue weighted by molar-refractivity contribution is 7.92. The molecule has 0 heterocycles. The molecule has 0 aromatic heterocycles. The van der Waals surface area contributed by atoms with E-state index in [1.54, 1.807) is 19.1 Å². The summed E-state index contributed by atoms with van der Waals surface area (Å²) in [6, 6.07) is 14.3. The van der Waals surface area contributed by atoms with Gasteiger partial charge in [0.1, 0.15) is 11.8 Å². The molecule has 0 aliphatic rings. The normalized spacial score (nSPS) is 13.4. The van der Waals surface area contributed by atoms with E-state index in [0.29, 0.717) is 11.4 Å². The summed E-state index contributed by atoms with van der Waals surface area (Å²) >= 11 is 0. The van der Waals surface area contributed by atoms with E-state index in [0.717, 1.165) is 29.0 Å². The summed E-state index contributed by atoms with van der Waals surface area (Å²) in [5, 5.41) is 2.94. The molecule has 0 aliphatic heterocycles. The van der Waals surface area contributed by atoms with Crippen molar-refractivity contribution in [1.82, 2.24) is 5.32 Å². The van der Waals surface area contributed by atoms with Crippen LogP contribution in [0.15, 0.2) is 48.5 Å². The Hall–Kier alpha value is -2.54. The largest absolute Gasteiger partial charge is 0.495 e. The van der Waals surface area contributed by atoms with Crippen molar-refractivity contribution in [1.29, 1.82) is 0 Å². The Morgan fingerprint density at radius 2 is 1.79 bits per heavy atom. The zero-order valence-corrected chi connectivity index (χ0v) is 18.5. The monoisotopic (exact) mass is 418 g/mol. The summed E-state index contributed by atoms with van der Waals surface area (Å²) in [5.41, 5.74) is 2.43. The summed E-state index contributed by atoms with van der Waals surface area (Å²) in [5.74, 6) is 0.0531. The van der Waals surface area contributed by atoms with Crippen LogP contribution < -0.4 is 14.4 Å². The van der Waals surface area contributed by atoms with Crippen LogP contribution in [0.5, 0.6) is 5.75 Å². The number of hydrogen-bond donors (Lipinski definition) is 1. The minimum Gasteiger partial charge on any atom is -0.495 e. The molecule has 2 atom stereocenters. The maximum atomic E-state index is 12.9. The third kappa shape index (κ3) is 6.22. The molecule has 0 unspecified atom stereocenters. The molecule has 2 aromatic rings. The van der Waals surface area contributed by atoms with Gasteiger partial charge in [0.15, 0.2) is 0 Å². The summed E-state index contributed by atoms with van der Waals surface area (Å²) in [7, 11) is -2.23. The quantitative estimate of drug-likeness (QED) is 0.678. The number of rotatable bonds is 9. The van der Waals surface area contributed by atoms with Crippen molar-refractivity contribution in [3.05, 3.63) is 59.7 Å². The molecule has 0 fully saturated rings. The molecule has 29 heavy (non-hydrogen) atoms. The number of aryl methyl sites for hydroxylation is 2. The number of ether oxygens (including phenoxy) is 1. The molecule has 2 aromatic carbocycles. The molecule has 158 valence electrons. The Morgan fingerprint density at radius 1 is 1.14 bits per heavy atom. The smallest absolute Gasteiger partial charge is 0.243 e. The van der Waals surface area contributed by atoms with Crippen molar-refractivity contribution in [2.24, 2.45) is 0 Å². The van der Waals surface area contributed by atoms with Crippen LogP contribution in [-0.4, -0.2) is 39.8 Å². The van der Waals surface area contributed by atoms with Crippen LogP contribution in [0.4, 0.5) is 5.69 Å². The standard InChI is InChI=1S/C22H30N2O4S/c1-16-11-14-21(28-4)20(15-16)24(29(5,26)27)18(3)22(25)23-17(2)12-13-19-9-7-6-8-10-19/h6-11,14-15,17-18H,12-13H2,1-5H3,(H,23,25)/t17-,18+/m1/s1. The van der Waals surface area contributed by atoms with Crippen molar-refractivity contribution < 1.29 is 17.9 Å². The minimum atomic E-state index is -3.71. The average molecular weight is 419 g/mol. The second-order valence-electron chi connectivity index (χ2n) is 7.34. The van der Waals surface area contributed by atoms with Crippen LogP contribution in [0.25, 0.3) is 0 Å². The van der Waals surface area contributed by atoms with Gasteiger partial charge in [0.2, 0.25) is 15.9 Å². The van der Waals surface area contributed by atoms with Gasteiger partial charge in [-0.1, -0.05) is 36.4 Å². The van der Waals surface area contributed by atoms with Crippen molar-refractivity contribution in [2.45, 2.75) is 45.7 Å². The Bertz CT molecular complexity index is 929. The summed E-state index contributed by atoms with van der Waals surface area (Å²) in [6.45, 7) is 5.37. The molecule has 0 saturated carbocycles. The van der Waals surface area contributed by atoms with Crippen LogP contribution in [-0.2, 0) is 21.2 Å². The molecular weight excluding hydrogens is 388 g/mol. The number of methoxy groups -OCH3 is 1. The molecule has 6 nitrogen and oxygen atoms in total. The van der Waals surface area contributed by atoms with Gasteiger partial charge in [-0.15, -0.1) is 0 Å². The highest BCUT2D eigenvalue weighted by atomic mass is 32.2. The van der Waals surface area contributed by atoms with E-state index in [9.17, 15) is 13.2 Å². The lowest BCUT2D eigenvalue weighted by molar-refractivity contribution is -0.122. The summed E-state index contributed by atoms with van der Waals surface area (Å²) in [4.78, 5) is 12.9. The second kappa shape index (κ2) is 9.78. The first kappa shape index (κ1) is 22.7. The first-order valence-corrected chi connectivity index (χ1v) is 11.5. The number of nitrogens with one attached hydrogen (secondary N) is 1. The Balaban J connectivity index is 2.16. The molecule has 0 bridgehead atoms. The van der Waals surface area contributed by atoms with Crippen LogP contribution in [0.2, 0.25) is 0 Å². The Labute approximate surface area is 173 Å². The van der Waals surface area contributed by atoms with E-state index in [-0.39, 0.29) is 11.9 Å². The van der Waals surface area contributed by atoms with Crippen LogP contribution in [0, 0.1) is 6.92 Å². The number of sulfonamides is 1. The molecule has 0 radical (unpaired) electrons. The number of carbonyl (C=O) groups excluding carboxylic acids is 1. The van der Waals surface area contributed by atoms with E-state index < -0.39 is 16.1 Å². The van der Waals surface area contributed by atoms with Gasteiger partial charge in [0.25, 0.3) is 0 Å². The molecule has 2 rings (SSSR count). The lowest BCUT2D eigenvalue weighted by Gasteiger charge is -2.30. The van der Waals surface area contributed by atoms with Crippen molar-refractivity contribution in [2.75, 3.05) is 17.7 Å². The number of amides is 1. The second-order valence-corrected chi connectivity index (χ2v) is 9.20. The topological polar surface area (TPSA) is 75.7 Å². The molecule has 0 aliphatic carbocycles. The number of nitrogens with zero attached hydrogens (tertiary/aromatic N) is 1. The third-order valence-corrected chi connectivity index (χ3v) is 5.99. The number of benzene rings is 2. The summed E-state index contributed by atoms with van der Waals surface area (Å²) in [6.07, 6.45) is 2.69. The molecule has 0 saturated heterocycles. The highest BCUT2D eigenvalue weighted by Crippen LogP contribution is 2.32. The zero-order valence-electron chi connectivity index (χ0n) is 17.7. The minimum absolute atomic E-state index is 0.0917. The molecule has 1 N–H and O–H groups in total. The average Bonchev–Trinajstić information content (AvgIpc) is 2.66. The van der Waals surface area contributed by atoms with Crippen LogP contribution in [0.3, 0.4) is 0 Å². The number of anilines is 1. The van der Waals surface area contributed by atoms with Gasteiger partial charge in [0.05, 0.1) is 19.1 Å². The van der Waals surface area contributed by atoms with Gasteiger partial charge < -0.3 is 10.1 Å². The number of carbonyl (C=O) groups is 1. The van der Waals surface area contributed by atoms with Crippen molar-refractivity contribution >= 4 is 21.6 Å². The van der Waals surface area contributed by atoms with Gasteiger partial charge >= 0.3 is 0 Å². The fourth-order valence-corrected chi connectivity index (χ4v) is 4.39. The van der Waals surface area contributed by atoms with E-state index in [4.69, 9.17) is 4.74 Å². The Morgan fingerprint density at radius 3 is 2.38 bits per heavy atom. The molecular formula is C22H30N2O4S. The van der Waals surface area contributed by atoms with Gasteiger partial charge in [0, 0.05) is 6.04 Å². The van der Waals surface area contributed by atoms with Crippen molar-refractivity contribution in [3.8, 4) is 5.75 Å². The maximum absolute atomic E-state index is 12.9. The van der Waals surface area contributed by atoms with E-state index in [2.05, 4.69) is 5.32 Å². The van der Waals surface area contributed by atoms with Crippen molar-refractivity contribution in [3.63, 3.8) is 0 Å².